The van der Waals surface area contributed by atoms with Crippen LogP contribution in [0.5, 0.6) is 0 Å². The highest BCUT2D eigenvalue weighted by atomic mass is 19.1. The van der Waals surface area contributed by atoms with Crippen LogP contribution < -0.4 is 0 Å². The maximum absolute atomic E-state index is 13.4. The van der Waals surface area contributed by atoms with Gasteiger partial charge in [0.15, 0.2) is 0 Å². The number of likely N-dealkylation sites (tertiary alicyclic amines) is 1. The molecule has 0 saturated carbocycles. The van der Waals surface area contributed by atoms with Crippen molar-refractivity contribution in [3.05, 3.63) is 35.6 Å². The van der Waals surface area contributed by atoms with Gasteiger partial charge in [-0.3, -0.25) is 4.79 Å². The summed E-state index contributed by atoms with van der Waals surface area (Å²) in [5.74, 6) is -1.69. The fourth-order valence-corrected chi connectivity index (χ4v) is 2.00. The van der Waals surface area contributed by atoms with Gasteiger partial charge in [-0.05, 0) is 12.5 Å². The molecular formula is C12H12FNO3. The summed E-state index contributed by atoms with van der Waals surface area (Å²) in [7, 11) is 0. The molecule has 1 saturated heterocycles. The smallest absolute Gasteiger partial charge is 0.326 e. The van der Waals surface area contributed by atoms with Crippen LogP contribution in [0, 0.1) is 5.82 Å². The largest absolute Gasteiger partial charge is 0.480 e. The molecule has 1 aliphatic rings. The summed E-state index contributed by atoms with van der Waals surface area (Å²) in [6, 6.07) is 5.24. The molecule has 1 atom stereocenters. The number of carboxylic acids is 1. The predicted octanol–water partition coefficient (Wildman–Crippen LogP) is 1.40. The lowest BCUT2D eigenvalue weighted by Crippen LogP contribution is -2.38. The molecule has 1 unspecified atom stereocenters. The van der Waals surface area contributed by atoms with E-state index >= 15 is 0 Å². The SMILES string of the molecule is O=C(O)C1CCC(=O)N1Cc1ccccc1F. The lowest BCUT2D eigenvalue weighted by atomic mass is 10.1. The molecule has 0 bridgehead atoms. The van der Waals surface area contributed by atoms with E-state index in [1.807, 2.05) is 0 Å². The Bertz CT molecular complexity index is 461. The van der Waals surface area contributed by atoms with E-state index in [0.29, 0.717) is 12.0 Å². The summed E-state index contributed by atoms with van der Waals surface area (Å²) in [5, 5.41) is 8.96. The maximum Gasteiger partial charge on any atom is 0.326 e. The summed E-state index contributed by atoms with van der Waals surface area (Å²) >= 11 is 0. The molecular weight excluding hydrogens is 225 g/mol. The van der Waals surface area contributed by atoms with E-state index in [1.54, 1.807) is 18.2 Å². The number of halogens is 1. The molecule has 1 aromatic rings. The quantitative estimate of drug-likeness (QED) is 0.864. The second-order valence-corrected chi connectivity index (χ2v) is 4.01. The van der Waals surface area contributed by atoms with E-state index in [4.69, 9.17) is 5.11 Å². The molecule has 1 amide bonds. The van der Waals surface area contributed by atoms with Crippen molar-refractivity contribution < 1.29 is 19.1 Å². The Morgan fingerprint density at radius 2 is 2.18 bits per heavy atom. The summed E-state index contributed by atoms with van der Waals surface area (Å²) in [6.45, 7) is 0.0163. The summed E-state index contributed by atoms with van der Waals surface area (Å²) in [4.78, 5) is 23.7. The number of hydrogen-bond acceptors (Lipinski definition) is 2. The molecule has 0 aromatic heterocycles. The van der Waals surface area contributed by atoms with E-state index < -0.39 is 17.8 Å². The molecule has 2 rings (SSSR count). The molecule has 1 aliphatic heterocycles. The lowest BCUT2D eigenvalue weighted by molar-refractivity contribution is -0.146. The monoisotopic (exact) mass is 237 g/mol. The van der Waals surface area contributed by atoms with Gasteiger partial charge in [0.25, 0.3) is 0 Å². The number of carboxylic acid groups (broad SMARTS) is 1. The molecule has 90 valence electrons. The van der Waals surface area contributed by atoms with Crippen LogP contribution in [-0.2, 0) is 16.1 Å². The Morgan fingerprint density at radius 3 is 2.82 bits per heavy atom. The first-order valence-electron chi connectivity index (χ1n) is 5.35. The molecule has 1 aromatic carbocycles. The Kier molecular flexibility index (Phi) is 3.08. The van der Waals surface area contributed by atoms with E-state index in [0.717, 1.165) is 0 Å². The van der Waals surface area contributed by atoms with Gasteiger partial charge in [-0.1, -0.05) is 18.2 Å². The van der Waals surface area contributed by atoms with Gasteiger partial charge in [-0.15, -0.1) is 0 Å². The van der Waals surface area contributed by atoms with E-state index in [-0.39, 0.29) is 18.9 Å². The molecule has 5 heteroatoms. The molecule has 0 radical (unpaired) electrons. The highest BCUT2D eigenvalue weighted by molar-refractivity contribution is 5.87. The molecule has 0 spiro atoms. The molecule has 17 heavy (non-hydrogen) atoms. The fourth-order valence-electron chi connectivity index (χ4n) is 2.00. The molecule has 4 nitrogen and oxygen atoms in total. The topological polar surface area (TPSA) is 57.6 Å². The van der Waals surface area contributed by atoms with Crippen molar-refractivity contribution >= 4 is 11.9 Å². The van der Waals surface area contributed by atoms with Gasteiger partial charge in [0.2, 0.25) is 5.91 Å². The zero-order valence-electron chi connectivity index (χ0n) is 9.10. The van der Waals surface area contributed by atoms with E-state index in [9.17, 15) is 14.0 Å². The third kappa shape index (κ3) is 2.27. The van der Waals surface area contributed by atoms with Crippen LogP contribution in [0.1, 0.15) is 18.4 Å². The minimum Gasteiger partial charge on any atom is -0.480 e. The molecule has 1 heterocycles. The Morgan fingerprint density at radius 1 is 1.47 bits per heavy atom. The first kappa shape index (κ1) is 11.6. The molecule has 1 fully saturated rings. The maximum atomic E-state index is 13.4. The number of benzene rings is 1. The van der Waals surface area contributed by atoms with Gasteiger partial charge < -0.3 is 10.0 Å². The predicted molar refractivity (Wildman–Crippen MR) is 57.6 cm³/mol. The zero-order chi connectivity index (χ0) is 12.4. The van der Waals surface area contributed by atoms with Crippen molar-refractivity contribution in [1.29, 1.82) is 0 Å². The van der Waals surface area contributed by atoms with Gasteiger partial charge in [-0.2, -0.15) is 0 Å². The van der Waals surface area contributed by atoms with Crippen LogP contribution in [0.15, 0.2) is 24.3 Å². The molecule has 1 N–H and O–H groups in total. The minimum absolute atomic E-state index is 0.0163. The van der Waals surface area contributed by atoms with Gasteiger partial charge in [0.05, 0.1) is 0 Å². The van der Waals surface area contributed by atoms with Crippen molar-refractivity contribution in [3.63, 3.8) is 0 Å². The lowest BCUT2D eigenvalue weighted by Gasteiger charge is -2.21. The first-order valence-corrected chi connectivity index (χ1v) is 5.35. The zero-order valence-corrected chi connectivity index (χ0v) is 9.10. The van der Waals surface area contributed by atoms with Crippen molar-refractivity contribution in [3.8, 4) is 0 Å². The highest BCUT2D eigenvalue weighted by Gasteiger charge is 2.36. The second-order valence-electron chi connectivity index (χ2n) is 4.01. The van der Waals surface area contributed by atoms with Crippen molar-refractivity contribution in [2.45, 2.75) is 25.4 Å². The second kappa shape index (κ2) is 4.53. The number of amides is 1. The van der Waals surface area contributed by atoms with E-state index in [1.165, 1.54) is 11.0 Å². The van der Waals surface area contributed by atoms with Gasteiger partial charge in [0.1, 0.15) is 11.9 Å². The minimum atomic E-state index is -1.04. The Hall–Kier alpha value is -1.91. The number of carbonyl (C=O) groups is 2. The number of nitrogens with zero attached hydrogens (tertiary/aromatic N) is 1. The highest BCUT2D eigenvalue weighted by Crippen LogP contribution is 2.22. The van der Waals surface area contributed by atoms with Gasteiger partial charge >= 0.3 is 5.97 Å². The van der Waals surface area contributed by atoms with Crippen LogP contribution in [0.25, 0.3) is 0 Å². The first-order chi connectivity index (χ1) is 8.09. The van der Waals surface area contributed by atoms with Gasteiger partial charge in [0, 0.05) is 18.5 Å². The number of rotatable bonds is 3. The number of hydrogen-bond donors (Lipinski definition) is 1. The summed E-state index contributed by atoms with van der Waals surface area (Å²) in [5.41, 5.74) is 0.342. The standard InChI is InChI=1S/C12H12FNO3/c13-9-4-2-1-3-8(9)7-14-10(12(16)17)5-6-11(14)15/h1-4,10H,5-7H2,(H,16,17). The summed E-state index contributed by atoms with van der Waals surface area (Å²) < 4.78 is 13.4. The van der Waals surface area contributed by atoms with Gasteiger partial charge in [-0.25, -0.2) is 9.18 Å². The average molecular weight is 237 g/mol. The summed E-state index contributed by atoms with van der Waals surface area (Å²) in [6.07, 6.45) is 0.508. The van der Waals surface area contributed by atoms with E-state index in [2.05, 4.69) is 0 Å². The fraction of sp³-hybridized carbons (Fsp3) is 0.333. The van der Waals surface area contributed by atoms with Crippen LogP contribution in [0.2, 0.25) is 0 Å². The number of carbonyl (C=O) groups excluding carboxylic acids is 1. The van der Waals surface area contributed by atoms with Crippen molar-refractivity contribution in [2.75, 3.05) is 0 Å². The Labute approximate surface area is 97.7 Å². The normalized spacial score (nSPS) is 19.7. The number of aliphatic carboxylic acids is 1. The van der Waals surface area contributed by atoms with Crippen LogP contribution in [0.4, 0.5) is 4.39 Å². The van der Waals surface area contributed by atoms with Crippen LogP contribution in [0.3, 0.4) is 0 Å². The van der Waals surface area contributed by atoms with Crippen LogP contribution in [-0.4, -0.2) is 27.9 Å². The van der Waals surface area contributed by atoms with Crippen molar-refractivity contribution in [2.24, 2.45) is 0 Å². The van der Waals surface area contributed by atoms with Crippen LogP contribution >= 0.6 is 0 Å². The third-order valence-corrected chi connectivity index (χ3v) is 2.91. The third-order valence-electron chi connectivity index (χ3n) is 2.91. The molecule has 0 aliphatic carbocycles. The van der Waals surface area contributed by atoms with Crippen molar-refractivity contribution in [1.82, 2.24) is 4.90 Å². The Balaban J connectivity index is 2.19. The average Bonchev–Trinajstić information content (AvgIpc) is 2.64.